The first-order valence-electron chi connectivity index (χ1n) is 6.96. The van der Waals surface area contributed by atoms with E-state index >= 15 is 0 Å². The van der Waals surface area contributed by atoms with Gasteiger partial charge in [0.25, 0.3) is 0 Å². The molecule has 1 aromatic rings. The molecule has 1 atom stereocenters. The Kier molecular flexibility index (Phi) is 7.68. The highest BCUT2D eigenvalue weighted by Crippen LogP contribution is 2.26. The van der Waals surface area contributed by atoms with Crippen molar-refractivity contribution in [2.45, 2.75) is 31.8 Å². The van der Waals surface area contributed by atoms with Gasteiger partial charge in [0.2, 0.25) is 0 Å². The molecule has 0 aromatic heterocycles. The molecule has 0 fully saturated rings. The topological polar surface area (TPSA) is 45.0 Å². The second kappa shape index (κ2) is 9.02. The Morgan fingerprint density at radius 1 is 1.35 bits per heavy atom. The molecule has 1 rings (SSSR count). The van der Waals surface area contributed by atoms with Crippen molar-refractivity contribution in [3.05, 3.63) is 35.9 Å². The lowest BCUT2D eigenvalue weighted by atomic mass is 9.92. The zero-order valence-electron chi connectivity index (χ0n) is 12.6. The molecule has 0 heterocycles. The fourth-order valence-corrected chi connectivity index (χ4v) is 3.17. The number of nitrogens with zero attached hydrogens (tertiary/aromatic N) is 1. The average molecular weight is 292 g/mol. The minimum absolute atomic E-state index is 0.259. The SMILES string of the molecule is COCCCSCC(C#N)(NC(C)C)c1ccccc1. The Morgan fingerprint density at radius 3 is 2.60 bits per heavy atom. The zero-order chi connectivity index (χ0) is 14.8. The van der Waals surface area contributed by atoms with E-state index in [9.17, 15) is 5.26 Å². The lowest BCUT2D eigenvalue weighted by molar-refractivity contribution is 0.200. The van der Waals surface area contributed by atoms with Crippen LogP contribution in [0.2, 0.25) is 0 Å². The van der Waals surface area contributed by atoms with E-state index < -0.39 is 5.54 Å². The van der Waals surface area contributed by atoms with Gasteiger partial charge in [-0.1, -0.05) is 30.3 Å². The molecule has 0 spiro atoms. The third-order valence-electron chi connectivity index (χ3n) is 2.95. The van der Waals surface area contributed by atoms with E-state index in [0.29, 0.717) is 0 Å². The fraction of sp³-hybridized carbons (Fsp3) is 0.562. The zero-order valence-corrected chi connectivity index (χ0v) is 13.4. The molecule has 0 bridgehead atoms. The Bertz CT molecular complexity index is 416. The minimum Gasteiger partial charge on any atom is -0.385 e. The van der Waals surface area contributed by atoms with Gasteiger partial charge in [-0.15, -0.1) is 0 Å². The van der Waals surface area contributed by atoms with Crippen LogP contribution in [-0.2, 0) is 10.3 Å². The predicted molar refractivity (Wildman–Crippen MR) is 85.8 cm³/mol. The van der Waals surface area contributed by atoms with Crippen LogP contribution in [0.5, 0.6) is 0 Å². The molecule has 1 unspecified atom stereocenters. The normalized spacial score (nSPS) is 13.9. The summed E-state index contributed by atoms with van der Waals surface area (Å²) in [5, 5.41) is 13.2. The van der Waals surface area contributed by atoms with Crippen molar-refractivity contribution in [2.24, 2.45) is 0 Å². The van der Waals surface area contributed by atoms with Gasteiger partial charge in [0.1, 0.15) is 5.54 Å². The van der Waals surface area contributed by atoms with Gasteiger partial charge in [0.05, 0.1) is 6.07 Å². The molecule has 0 aliphatic rings. The second-order valence-electron chi connectivity index (χ2n) is 5.08. The lowest BCUT2D eigenvalue weighted by Crippen LogP contribution is -2.47. The summed E-state index contributed by atoms with van der Waals surface area (Å²) < 4.78 is 5.06. The molecule has 0 saturated heterocycles. The van der Waals surface area contributed by atoms with E-state index in [4.69, 9.17) is 4.74 Å². The third kappa shape index (κ3) is 5.16. The number of benzene rings is 1. The Hall–Kier alpha value is -1.02. The average Bonchev–Trinajstić information content (AvgIpc) is 2.46. The molecule has 1 N–H and O–H groups in total. The van der Waals surface area contributed by atoms with Crippen molar-refractivity contribution in [1.29, 1.82) is 5.26 Å². The quantitative estimate of drug-likeness (QED) is 0.710. The Balaban J connectivity index is 2.76. The molecule has 0 aliphatic heterocycles. The molecule has 0 amide bonds. The van der Waals surface area contributed by atoms with E-state index in [1.807, 2.05) is 30.3 Å². The van der Waals surface area contributed by atoms with Gasteiger partial charge in [-0.25, -0.2) is 0 Å². The highest BCUT2D eigenvalue weighted by molar-refractivity contribution is 7.99. The molecule has 0 saturated carbocycles. The number of thioether (sulfide) groups is 1. The summed E-state index contributed by atoms with van der Waals surface area (Å²) in [6, 6.07) is 12.7. The summed E-state index contributed by atoms with van der Waals surface area (Å²) in [6.45, 7) is 4.92. The van der Waals surface area contributed by atoms with Crippen LogP contribution in [0.25, 0.3) is 0 Å². The van der Waals surface area contributed by atoms with Crippen LogP contribution in [0.1, 0.15) is 25.8 Å². The van der Waals surface area contributed by atoms with Gasteiger partial charge < -0.3 is 4.74 Å². The van der Waals surface area contributed by atoms with Crippen LogP contribution in [-0.4, -0.2) is 31.3 Å². The van der Waals surface area contributed by atoms with E-state index in [0.717, 1.165) is 30.1 Å². The van der Waals surface area contributed by atoms with Crippen molar-refractivity contribution in [2.75, 3.05) is 25.2 Å². The summed E-state index contributed by atoms with van der Waals surface area (Å²) in [7, 11) is 1.72. The van der Waals surface area contributed by atoms with Crippen molar-refractivity contribution < 1.29 is 4.74 Å². The summed E-state index contributed by atoms with van der Waals surface area (Å²) in [5.41, 5.74) is 0.420. The van der Waals surface area contributed by atoms with E-state index in [2.05, 4.69) is 25.2 Å². The van der Waals surface area contributed by atoms with Crippen molar-refractivity contribution in [3.8, 4) is 6.07 Å². The fourth-order valence-electron chi connectivity index (χ4n) is 2.08. The third-order valence-corrected chi connectivity index (χ3v) is 4.16. The van der Waals surface area contributed by atoms with Gasteiger partial charge in [-0.3, -0.25) is 5.32 Å². The van der Waals surface area contributed by atoms with Crippen molar-refractivity contribution in [1.82, 2.24) is 5.32 Å². The summed E-state index contributed by atoms with van der Waals surface area (Å²) >= 11 is 1.80. The minimum atomic E-state index is -0.618. The second-order valence-corrected chi connectivity index (χ2v) is 6.19. The molecule has 1 aromatic carbocycles. The van der Waals surface area contributed by atoms with E-state index in [1.54, 1.807) is 18.9 Å². The summed E-state index contributed by atoms with van der Waals surface area (Å²) in [6.07, 6.45) is 1.01. The maximum Gasteiger partial charge on any atom is 0.141 e. The maximum absolute atomic E-state index is 9.73. The molecule has 20 heavy (non-hydrogen) atoms. The summed E-state index contributed by atoms with van der Waals surface area (Å²) in [4.78, 5) is 0. The number of nitrogens with one attached hydrogen (secondary N) is 1. The van der Waals surface area contributed by atoms with Gasteiger partial charge >= 0.3 is 0 Å². The smallest absolute Gasteiger partial charge is 0.141 e. The number of hydrogen-bond donors (Lipinski definition) is 1. The lowest BCUT2D eigenvalue weighted by Gasteiger charge is -2.30. The van der Waals surface area contributed by atoms with Gasteiger partial charge in [0, 0.05) is 25.5 Å². The van der Waals surface area contributed by atoms with Crippen molar-refractivity contribution >= 4 is 11.8 Å². The van der Waals surface area contributed by atoms with Gasteiger partial charge in [-0.2, -0.15) is 17.0 Å². The van der Waals surface area contributed by atoms with Gasteiger partial charge in [0.15, 0.2) is 0 Å². The van der Waals surface area contributed by atoms with E-state index in [-0.39, 0.29) is 6.04 Å². The summed E-state index contributed by atoms with van der Waals surface area (Å²) in [5.74, 6) is 1.75. The van der Waals surface area contributed by atoms with Crippen LogP contribution in [0.4, 0.5) is 0 Å². The first-order chi connectivity index (χ1) is 9.64. The molecule has 110 valence electrons. The van der Waals surface area contributed by atoms with E-state index in [1.165, 1.54) is 0 Å². The first-order valence-corrected chi connectivity index (χ1v) is 8.11. The highest BCUT2D eigenvalue weighted by Gasteiger charge is 2.32. The number of nitriles is 1. The number of methoxy groups -OCH3 is 1. The van der Waals surface area contributed by atoms with Gasteiger partial charge in [-0.05, 0) is 31.6 Å². The molecular weight excluding hydrogens is 268 g/mol. The number of ether oxygens (including phenoxy) is 1. The van der Waals surface area contributed by atoms with Crippen LogP contribution in [0, 0.1) is 11.3 Å². The first kappa shape index (κ1) is 17.0. The molecule has 4 heteroatoms. The highest BCUT2D eigenvalue weighted by atomic mass is 32.2. The predicted octanol–water partition coefficient (Wildman–Crippen LogP) is 3.17. The maximum atomic E-state index is 9.73. The van der Waals surface area contributed by atoms with Crippen LogP contribution in [0.3, 0.4) is 0 Å². The molecule has 0 radical (unpaired) electrons. The largest absolute Gasteiger partial charge is 0.385 e. The van der Waals surface area contributed by atoms with Crippen molar-refractivity contribution in [3.63, 3.8) is 0 Å². The number of rotatable bonds is 9. The Labute approximate surface area is 126 Å². The standard InChI is InChI=1S/C16H24N2OS/c1-14(2)18-16(12-17,13-20-11-7-10-19-3)15-8-5-4-6-9-15/h4-6,8-9,14,18H,7,10-11,13H2,1-3H3. The molecule has 0 aliphatic carbocycles. The monoisotopic (exact) mass is 292 g/mol. The van der Waals surface area contributed by atoms with Crippen LogP contribution >= 0.6 is 11.8 Å². The number of hydrogen-bond acceptors (Lipinski definition) is 4. The van der Waals surface area contributed by atoms with Crippen LogP contribution in [0.15, 0.2) is 30.3 Å². The molecular formula is C16H24N2OS. The molecule has 3 nitrogen and oxygen atoms in total. The van der Waals surface area contributed by atoms with Crippen LogP contribution < -0.4 is 5.32 Å². The Morgan fingerprint density at radius 2 is 2.05 bits per heavy atom.